The Bertz CT molecular complexity index is 1040. The van der Waals surface area contributed by atoms with Gasteiger partial charge in [0.1, 0.15) is 11.1 Å². The topological polar surface area (TPSA) is 72.3 Å². The van der Waals surface area contributed by atoms with E-state index < -0.39 is 5.25 Å². The molecule has 5 rings (SSSR count). The van der Waals surface area contributed by atoms with E-state index in [0.717, 1.165) is 11.1 Å². The zero-order chi connectivity index (χ0) is 20.5. The molecule has 1 amide bonds. The number of morpholine rings is 1. The van der Waals surface area contributed by atoms with E-state index in [1.165, 1.54) is 23.9 Å². The van der Waals surface area contributed by atoms with Gasteiger partial charge in [-0.25, -0.2) is 9.07 Å². The molecule has 0 radical (unpaired) electrons. The maximum atomic E-state index is 13.5. The number of rotatable bonds is 3. The molecule has 1 N–H and O–H groups in total. The lowest BCUT2D eigenvalue weighted by Gasteiger charge is -2.37. The number of aromatic nitrogens is 3. The molecule has 2 aromatic carbocycles. The molecule has 0 saturated carbocycles. The summed E-state index contributed by atoms with van der Waals surface area (Å²) in [6, 6.07) is 15.6. The number of amides is 1. The van der Waals surface area contributed by atoms with Crippen LogP contribution in [0.5, 0.6) is 0 Å². The molecule has 3 heterocycles. The zero-order valence-electron chi connectivity index (χ0n) is 16.1. The maximum Gasteiger partial charge on any atom is 0.238 e. The number of halogens is 1. The fourth-order valence-electron chi connectivity index (χ4n) is 3.70. The lowest BCUT2D eigenvalue weighted by Crippen LogP contribution is -2.49. The molecule has 0 bridgehead atoms. The Labute approximate surface area is 177 Å². The van der Waals surface area contributed by atoms with Crippen LogP contribution in [0.15, 0.2) is 59.8 Å². The van der Waals surface area contributed by atoms with Gasteiger partial charge in [-0.15, -0.1) is 10.2 Å². The van der Waals surface area contributed by atoms with Crippen molar-refractivity contribution >= 4 is 17.7 Å². The zero-order valence-corrected chi connectivity index (χ0v) is 16.9. The van der Waals surface area contributed by atoms with Crippen LogP contribution in [0, 0.1) is 5.82 Å². The molecule has 2 unspecified atom stereocenters. The van der Waals surface area contributed by atoms with Gasteiger partial charge in [0.25, 0.3) is 0 Å². The Balaban J connectivity index is 1.53. The van der Waals surface area contributed by atoms with Crippen LogP contribution < -0.4 is 5.43 Å². The van der Waals surface area contributed by atoms with Gasteiger partial charge in [-0.2, -0.15) is 0 Å². The van der Waals surface area contributed by atoms with Crippen LogP contribution in [0.2, 0.25) is 0 Å². The minimum atomic E-state index is -0.450. The average Bonchev–Trinajstić information content (AvgIpc) is 3.22. The number of hydrogen-bond acceptors (Lipinski definition) is 6. The van der Waals surface area contributed by atoms with Crippen LogP contribution in [-0.2, 0) is 9.53 Å². The summed E-state index contributed by atoms with van der Waals surface area (Å²) < 4.78 is 20.7. The number of carbonyl (C=O) groups excluding carboxylic acids is 1. The van der Waals surface area contributed by atoms with Crippen LogP contribution >= 0.6 is 11.8 Å². The van der Waals surface area contributed by atoms with E-state index in [-0.39, 0.29) is 17.8 Å². The lowest BCUT2D eigenvalue weighted by atomic mass is 10.0. The number of ether oxygens (including phenoxy) is 1. The number of nitrogens with one attached hydrogen (secondary N) is 1. The first kappa shape index (κ1) is 19.1. The number of fused-ring (bicyclic) bond motifs is 1. The van der Waals surface area contributed by atoms with Crippen molar-refractivity contribution in [3.63, 3.8) is 0 Å². The van der Waals surface area contributed by atoms with Crippen molar-refractivity contribution in [2.45, 2.75) is 16.4 Å². The van der Waals surface area contributed by atoms with Crippen LogP contribution in [0.4, 0.5) is 4.39 Å². The Hall–Kier alpha value is -2.91. The number of benzene rings is 2. The highest BCUT2D eigenvalue weighted by atomic mass is 32.2. The predicted octanol–water partition coefficient (Wildman–Crippen LogP) is 2.70. The Kier molecular flexibility index (Phi) is 5.14. The maximum absolute atomic E-state index is 13.5. The van der Waals surface area contributed by atoms with Gasteiger partial charge in [0.2, 0.25) is 11.1 Å². The first-order valence-electron chi connectivity index (χ1n) is 9.77. The van der Waals surface area contributed by atoms with Crippen LogP contribution in [0.3, 0.4) is 0 Å². The highest BCUT2D eigenvalue weighted by Crippen LogP contribution is 2.39. The lowest BCUT2D eigenvalue weighted by molar-refractivity contribution is -0.135. The molecule has 9 heteroatoms. The normalized spacial score (nSPS) is 21.0. The van der Waals surface area contributed by atoms with Gasteiger partial charge in [-0.1, -0.05) is 54.2 Å². The third kappa shape index (κ3) is 3.54. The highest BCUT2D eigenvalue weighted by Gasteiger charge is 2.40. The van der Waals surface area contributed by atoms with Crippen molar-refractivity contribution in [2.24, 2.45) is 0 Å². The molecule has 7 nitrogen and oxygen atoms in total. The van der Waals surface area contributed by atoms with Gasteiger partial charge in [0, 0.05) is 18.7 Å². The van der Waals surface area contributed by atoms with Crippen molar-refractivity contribution in [1.29, 1.82) is 0 Å². The summed E-state index contributed by atoms with van der Waals surface area (Å²) in [5.41, 5.74) is 5.16. The van der Waals surface area contributed by atoms with Crippen molar-refractivity contribution in [1.82, 2.24) is 19.8 Å². The molecule has 1 aromatic heterocycles. The van der Waals surface area contributed by atoms with E-state index >= 15 is 0 Å². The van der Waals surface area contributed by atoms with Gasteiger partial charge >= 0.3 is 0 Å². The van der Waals surface area contributed by atoms with E-state index in [4.69, 9.17) is 4.74 Å². The van der Waals surface area contributed by atoms with E-state index in [1.807, 2.05) is 39.9 Å². The van der Waals surface area contributed by atoms with Crippen molar-refractivity contribution < 1.29 is 13.9 Å². The largest absolute Gasteiger partial charge is 0.378 e. The second-order valence-electron chi connectivity index (χ2n) is 7.14. The fourth-order valence-corrected chi connectivity index (χ4v) is 4.87. The highest BCUT2D eigenvalue weighted by molar-refractivity contribution is 8.00. The predicted molar refractivity (Wildman–Crippen MR) is 111 cm³/mol. The van der Waals surface area contributed by atoms with E-state index in [9.17, 15) is 9.18 Å². The minimum Gasteiger partial charge on any atom is -0.378 e. The van der Waals surface area contributed by atoms with E-state index in [1.54, 1.807) is 12.1 Å². The van der Waals surface area contributed by atoms with Gasteiger partial charge in [0.05, 0.1) is 19.3 Å². The molecule has 154 valence electrons. The van der Waals surface area contributed by atoms with Gasteiger partial charge in [0.15, 0.2) is 5.82 Å². The molecule has 2 aliphatic heterocycles. The Morgan fingerprint density at radius 3 is 2.53 bits per heavy atom. The third-order valence-corrected chi connectivity index (χ3v) is 6.47. The molecule has 2 atom stereocenters. The minimum absolute atomic E-state index is 0.0145. The van der Waals surface area contributed by atoms with Crippen molar-refractivity contribution in [3.8, 4) is 11.4 Å². The first-order valence-corrected chi connectivity index (χ1v) is 10.6. The van der Waals surface area contributed by atoms with Crippen LogP contribution in [-0.4, -0.2) is 57.2 Å². The molecule has 3 aromatic rings. The standard InChI is InChI=1S/C21H20FN5O2S/c22-16-8-6-14(7-9-16)17-18(20(28)26-10-12-29-13-11-26)30-21-24-23-19(27(21)25-17)15-4-2-1-3-5-15/h1-9,17-18,25H,10-13H2. The quantitative estimate of drug-likeness (QED) is 0.696. The molecule has 1 saturated heterocycles. The number of thioether (sulfide) groups is 1. The molecule has 1 fully saturated rings. The smallest absolute Gasteiger partial charge is 0.238 e. The van der Waals surface area contributed by atoms with Crippen LogP contribution in [0.1, 0.15) is 11.6 Å². The fraction of sp³-hybridized carbons (Fsp3) is 0.286. The van der Waals surface area contributed by atoms with Gasteiger partial charge in [-0.05, 0) is 17.7 Å². The summed E-state index contributed by atoms with van der Waals surface area (Å²) in [5, 5.41) is 8.83. The van der Waals surface area contributed by atoms with Gasteiger partial charge in [-0.3, -0.25) is 4.79 Å². The Morgan fingerprint density at radius 2 is 1.80 bits per heavy atom. The second kappa shape index (κ2) is 8.08. The summed E-state index contributed by atoms with van der Waals surface area (Å²) in [5.74, 6) is 0.372. The SMILES string of the molecule is O=C(C1Sc2nnc(-c3ccccc3)n2NC1c1ccc(F)cc1)N1CCOCC1. The summed E-state index contributed by atoms with van der Waals surface area (Å²) in [7, 11) is 0. The summed E-state index contributed by atoms with van der Waals surface area (Å²) in [6.07, 6.45) is 0. The monoisotopic (exact) mass is 425 g/mol. The van der Waals surface area contributed by atoms with Crippen molar-refractivity contribution in [2.75, 3.05) is 31.7 Å². The van der Waals surface area contributed by atoms with Gasteiger partial charge < -0.3 is 15.1 Å². The Morgan fingerprint density at radius 1 is 1.07 bits per heavy atom. The molecule has 2 aliphatic rings. The molecule has 0 aliphatic carbocycles. The molecular weight excluding hydrogens is 405 g/mol. The molecular formula is C21H20FN5O2S. The van der Waals surface area contributed by atoms with E-state index in [2.05, 4.69) is 15.6 Å². The number of hydrogen-bond donors (Lipinski definition) is 1. The average molecular weight is 425 g/mol. The molecule has 30 heavy (non-hydrogen) atoms. The number of carbonyl (C=O) groups is 1. The first-order chi connectivity index (χ1) is 14.7. The van der Waals surface area contributed by atoms with E-state index in [0.29, 0.717) is 37.3 Å². The number of nitrogens with zero attached hydrogens (tertiary/aromatic N) is 4. The summed E-state index contributed by atoms with van der Waals surface area (Å²) in [4.78, 5) is 15.2. The summed E-state index contributed by atoms with van der Waals surface area (Å²) >= 11 is 1.38. The molecule has 0 spiro atoms. The van der Waals surface area contributed by atoms with Crippen LogP contribution in [0.25, 0.3) is 11.4 Å². The van der Waals surface area contributed by atoms with Crippen molar-refractivity contribution in [3.05, 3.63) is 66.0 Å². The summed E-state index contributed by atoms with van der Waals surface area (Å²) in [6.45, 7) is 2.19. The second-order valence-corrected chi connectivity index (χ2v) is 8.25. The third-order valence-electron chi connectivity index (χ3n) is 5.26.